The predicted octanol–water partition coefficient (Wildman–Crippen LogP) is 2.92. The summed E-state index contributed by atoms with van der Waals surface area (Å²) in [6.45, 7) is 4.58. The van der Waals surface area contributed by atoms with Gasteiger partial charge in [0.05, 0.1) is 10.8 Å². The molecular weight excluding hydrogens is 356 g/mol. The fourth-order valence-electron chi connectivity index (χ4n) is 2.17. The van der Waals surface area contributed by atoms with Gasteiger partial charge in [0, 0.05) is 13.6 Å². The van der Waals surface area contributed by atoms with Crippen LogP contribution in [-0.4, -0.2) is 44.9 Å². The highest BCUT2D eigenvalue weighted by Gasteiger charge is 2.17. The minimum Gasteiger partial charge on any atom is -0.478 e. The Morgan fingerprint density at radius 2 is 2.04 bits per heavy atom. The van der Waals surface area contributed by atoms with Crippen molar-refractivity contribution in [1.82, 2.24) is 20.4 Å². The number of carboxylic acid groups (broad SMARTS) is 1. The van der Waals surface area contributed by atoms with Gasteiger partial charge in [0.2, 0.25) is 5.89 Å². The molecule has 9 heteroatoms. The van der Waals surface area contributed by atoms with Crippen molar-refractivity contribution in [1.29, 1.82) is 0 Å². The molecule has 1 atom stereocenters. The molecule has 1 aromatic carbocycles. The Kier molecular flexibility index (Phi) is 7.02. The van der Waals surface area contributed by atoms with Gasteiger partial charge >= 0.3 is 12.0 Å². The number of hydrogen-bond acceptors (Lipinski definition) is 6. The number of carbonyl (C=O) groups excluding carboxylic acids is 1. The first kappa shape index (κ1) is 19.8. The number of hydrogen-bond donors (Lipinski definition) is 2. The molecule has 2 aromatic rings. The maximum atomic E-state index is 12.2. The van der Waals surface area contributed by atoms with E-state index in [0.29, 0.717) is 18.3 Å². The Morgan fingerprint density at radius 3 is 2.65 bits per heavy atom. The molecule has 26 heavy (non-hydrogen) atoms. The van der Waals surface area contributed by atoms with E-state index in [9.17, 15) is 9.59 Å². The number of benzene rings is 1. The molecule has 0 saturated carbocycles. The average molecular weight is 378 g/mol. The quantitative estimate of drug-likeness (QED) is 0.727. The Hall–Kier alpha value is -2.55. The van der Waals surface area contributed by atoms with Crippen molar-refractivity contribution in [3.05, 3.63) is 47.1 Å². The summed E-state index contributed by atoms with van der Waals surface area (Å²) < 4.78 is 5.20. The number of aromatic carboxylic acids is 1. The molecule has 0 spiro atoms. The van der Waals surface area contributed by atoms with Crippen molar-refractivity contribution < 1.29 is 19.2 Å². The topological polar surface area (TPSA) is 109 Å². The van der Waals surface area contributed by atoms with Gasteiger partial charge in [-0.15, -0.1) is 0 Å². The summed E-state index contributed by atoms with van der Waals surface area (Å²) in [5.74, 6) is 0.984. The van der Waals surface area contributed by atoms with Gasteiger partial charge < -0.3 is 19.8 Å². The van der Waals surface area contributed by atoms with Gasteiger partial charge in [-0.2, -0.15) is 16.7 Å². The van der Waals surface area contributed by atoms with Gasteiger partial charge in [-0.1, -0.05) is 24.2 Å². The molecule has 2 rings (SSSR count). The maximum absolute atomic E-state index is 12.2. The number of carbonyl (C=O) groups is 2. The van der Waals surface area contributed by atoms with Crippen LogP contribution in [0, 0.1) is 0 Å². The molecule has 0 aliphatic rings. The van der Waals surface area contributed by atoms with Crippen molar-refractivity contribution in [2.24, 2.45) is 0 Å². The highest BCUT2D eigenvalue weighted by atomic mass is 32.2. The number of amides is 2. The lowest BCUT2D eigenvalue weighted by Crippen LogP contribution is -2.36. The summed E-state index contributed by atoms with van der Waals surface area (Å²) >= 11 is 1.72. The first-order valence-electron chi connectivity index (χ1n) is 8.16. The molecule has 2 amide bonds. The first-order chi connectivity index (χ1) is 12.4. The number of aromatic nitrogens is 2. The van der Waals surface area contributed by atoms with E-state index in [0.717, 1.165) is 11.3 Å². The maximum Gasteiger partial charge on any atom is 0.335 e. The molecule has 1 aromatic heterocycles. The minimum atomic E-state index is -0.981. The Balaban J connectivity index is 1.84. The second-order valence-corrected chi connectivity index (χ2v) is 7.28. The van der Waals surface area contributed by atoms with E-state index in [4.69, 9.17) is 9.63 Å². The molecule has 0 radical (unpaired) electrons. The predicted molar refractivity (Wildman–Crippen MR) is 97.9 cm³/mol. The lowest BCUT2D eigenvalue weighted by atomic mass is 10.1. The summed E-state index contributed by atoms with van der Waals surface area (Å²) in [4.78, 5) is 28.8. The standard InChI is InChI=1S/C17H22N4O4S/c1-4-26-11(2)15-19-14(25-20-15)10-21(3)17(24)18-9-12-5-7-13(8-6-12)16(22)23/h5-8,11H,4,9-10H2,1-3H3,(H,18,24)(H,22,23). The molecule has 140 valence electrons. The monoisotopic (exact) mass is 378 g/mol. The second kappa shape index (κ2) is 9.23. The number of carboxylic acids is 1. The van der Waals surface area contributed by atoms with Crippen molar-refractivity contribution >= 4 is 23.8 Å². The fourth-order valence-corrected chi connectivity index (χ4v) is 2.92. The molecular formula is C17H22N4O4S. The van der Waals surface area contributed by atoms with Gasteiger partial charge in [0.25, 0.3) is 0 Å². The molecule has 0 aliphatic heterocycles. The normalized spacial score (nSPS) is 11.8. The smallest absolute Gasteiger partial charge is 0.335 e. The highest BCUT2D eigenvalue weighted by molar-refractivity contribution is 7.99. The van der Waals surface area contributed by atoms with Crippen LogP contribution in [0.1, 0.15) is 46.7 Å². The lowest BCUT2D eigenvalue weighted by Gasteiger charge is -2.15. The van der Waals surface area contributed by atoms with Gasteiger partial charge in [-0.05, 0) is 30.4 Å². The first-order valence-corrected chi connectivity index (χ1v) is 9.20. The second-order valence-electron chi connectivity index (χ2n) is 5.66. The summed E-state index contributed by atoms with van der Waals surface area (Å²) in [6, 6.07) is 6.05. The van der Waals surface area contributed by atoms with Gasteiger partial charge in [0.1, 0.15) is 6.54 Å². The summed E-state index contributed by atoms with van der Waals surface area (Å²) in [5.41, 5.74) is 1.02. The molecule has 0 saturated heterocycles. The molecule has 0 fully saturated rings. The van der Waals surface area contributed by atoms with E-state index in [1.807, 2.05) is 6.92 Å². The van der Waals surface area contributed by atoms with Crippen LogP contribution in [0.3, 0.4) is 0 Å². The number of rotatable bonds is 8. The number of thioether (sulfide) groups is 1. The van der Waals surface area contributed by atoms with Crippen LogP contribution in [0.2, 0.25) is 0 Å². The molecule has 0 aliphatic carbocycles. The van der Waals surface area contributed by atoms with Crippen LogP contribution < -0.4 is 5.32 Å². The fraction of sp³-hybridized carbons (Fsp3) is 0.412. The highest BCUT2D eigenvalue weighted by Crippen LogP contribution is 2.25. The molecule has 1 unspecified atom stereocenters. The Labute approximate surface area is 156 Å². The molecule has 8 nitrogen and oxygen atoms in total. The van der Waals surface area contributed by atoms with E-state index in [2.05, 4.69) is 22.4 Å². The van der Waals surface area contributed by atoms with Crippen molar-refractivity contribution in [3.63, 3.8) is 0 Å². The third-order valence-electron chi connectivity index (χ3n) is 3.63. The van der Waals surface area contributed by atoms with Gasteiger partial charge in [0.15, 0.2) is 5.82 Å². The Morgan fingerprint density at radius 1 is 1.35 bits per heavy atom. The van der Waals surface area contributed by atoms with Crippen molar-refractivity contribution in [2.45, 2.75) is 32.2 Å². The SMILES string of the molecule is CCSC(C)c1noc(CN(C)C(=O)NCc2ccc(C(=O)O)cc2)n1. The minimum absolute atomic E-state index is 0.144. The summed E-state index contributed by atoms with van der Waals surface area (Å²) in [6.07, 6.45) is 0. The van der Waals surface area contributed by atoms with E-state index in [1.54, 1.807) is 30.9 Å². The molecule has 2 N–H and O–H groups in total. The van der Waals surface area contributed by atoms with Crippen LogP contribution >= 0.6 is 11.8 Å². The third-order valence-corrected chi connectivity index (χ3v) is 4.67. The summed E-state index contributed by atoms with van der Waals surface area (Å²) in [5, 5.41) is 15.7. The number of urea groups is 1. The van der Waals surface area contributed by atoms with Crippen LogP contribution in [0.15, 0.2) is 28.8 Å². The van der Waals surface area contributed by atoms with Gasteiger partial charge in [-0.25, -0.2) is 9.59 Å². The summed E-state index contributed by atoms with van der Waals surface area (Å²) in [7, 11) is 1.64. The number of nitrogens with one attached hydrogen (secondary N) is 1. The van der Waals surface area contributed by atoms with Crippen LogP contribution in [0.4, 0.5) is 4.79 Å². The lowest BCUT2D eigenvalue weighted by molar-refractivity contribution is 0.0697. The zero-order valence-electron chi connectivity index (χ0n) is 14.9. The van der Waals surface area contributed by atoms with E-state index < -0.39 is 5.97 Å². The molecule has 0 bridgehead atoms. The van der Waals surface area contributed by atoms with Crippen molar-refractivity contribution in [3.8, 4) is 0 Å². The largest absolute Gasteiger partial charge is 0.478 e. The zero-order chi connectivity index (χ0) is 19.1. The van der Waals surface area contributed by atoms with Crippen molar-refractivity contribution in [2.75, 3.05) is 12.8 Å². The third kappa shape index (κ3) is 5.48. The van der Waals surface area contributed by atoms with E-state index in [-0.39, 0.29) is 23.4 Å². The van der Waals surface area contributed by atoms with Crippen LogP contribution in [0.25, 0.3) is 0 Å². The zero-order valence-corrected chi connectivity index (χ0v) is 15.7. The Bertz CT molecular complexity index is 747. The van der Waals surface area contributed by atoms with Gasteiger partial charge in [-0.3, -0.25) is 0 Å². The van der Waals surface area contributed by atoms with Crippen LogP contribution in [-0.2, 0) is 13.1 Å². The molecule has 1 heterocycles. The number of nitrogens with zero attached hydrogens (tertiary/aromatic N) is 3. The van der Waals surface area contributed by atoms with E-state index in [1.165, 1.54) is 17.0 Å². The van der Waals surface area contributed by atoms with E-state index >= 15 is 0 Å². The average Bonchev–Trinajstić information content (AvgIpc) is 3.08. The van der Waals surface area contributed by atoms with Crippen LogP contribution in [0.5, 0.6) is 0 Å².